The zero-order chi connectivity index (χ0) is 22.2. The lowest BCUT2D eigenvalue weighted by Crippen LogP contribution is -2.35. The van der Waals surface area contributed by atoms with Gasteiger partial charge in [0, 0.05) is 31.3 Å². The van der Waals surface area contributed by atoms with Crippen LogP contribution in [-0.4, -0.2) is 38.6 Å². The SMILES string of the molecule is CN1C(=O)Cc2cc(C3(CCNC(=O)c4ccccc4C(F)(F)F)OCCO3)ccc21. The fraction of sp³-hybridized carbons (Fsp3) is 0.364. The van der Waals surface area contributed by atoms with Crippen LogP contribution in [0.3, 0.4) is 0 Å². The van der Waals surface area contributed by atoms with E-state index in [-0.39, 0.29) is 25.3 Å². The third-order valence-corrected chi connectivity index (χ3v) is 5.57. The molecule has 2 aromatic rings. The molecule has 1 fully saturated rings. The van der Waals surface area contributed by atoms with E-state index in [4.69, 9.17) is 9.47 Å². The van der Waals surface area contributed by atoms with Crippen LogP contribution in [0, 0.1) is 0 Å². The molecule has 9 heteroatoms. The summed E-state index contributed by atoms with van der Waals surface area (Å²) in [5, 5.41) is 2.54. The topological polar surface area (TPSA) is 67.9 Å². The van der Waals surface area contributed by atoms with Crippen molar-refractivity contribution in [1.29, 1.82) is 0 Å². The number of carbonyl (C=O) groups excluding carboxylic acids is 2. The fourth-order valence-corrected chi connectivity index (χ4v) is 3.98. The Balaban J connectivity index is 1.49. The Kier molecular flexibility index (Phi) is 5.49. The average Bonchev–Trinajstić information content (AvgIpc) is 3.32. The highest BCUT2D eigenvalue weighted by Crippen LogP contribution is 2.38. The maximum atomic E-state index is 13.2. The second-order valence-electron chi connectivity index (χ2n) is 7.47. The lowest BCUT2D eigenvalue weighted by Gasteiger charge is -2.28. The highest BCUT2D eigenvalue weighted by atomic mass is 19.4. The molecule has 4 rings (SSSR count). The Labute approximate surface area is 176 Å². The molecule has 0 aliphatic carbocycles. The highest BCUT2D eigenvalue weighted by Gasteiger charge is 2.40. The summed E-state index contributed by atoms with van der Waals surface area (Å²) < 4.78 is 51.2. The van der Waals surface area contributed by atoms with E-state index in [1.807, 2.05) is 12.1 Å². The Hall–Kier alpha value is -2.91. The molecule has 6 nitrogen and oxygen atoms in total. The smallest absolute Gasteiger partial charge is 0.352 e. The first-order valence-corrected chi connectivity index (χ1v) is 9.83. The molecule has 0 unspecified atom stereocenters. The van der Waals surface area contributed by atoms with E-state index in [9.17, 15) is 22.8 Å². The van der Waals surface area contributed by atoms with Gasteiger partial charge in [0.05, 0.1) is 30.8 Å². The number of carbonyl (C=O) groups is 2. The molecular weight excluding hydrogens is 413 g/mol. The maximum absolute atomic E-state index is 13.2. The molecule has 164 valence electrons. The number of alkyl halides is 3. The van der Waals surface area contributed by atoms with Crippen LogP contribution in [0.15, 0.2) is 42.5 Å². The van der Waals surface area contributed by atoms with Crippen molar-refractivity contribution in [1.82, 2.24) is 5.32 Å². The second-order valence-corrected chi connectivity index (χ2v) is 7.47. The number of amides is 2. The van der Waals surface area contributed by atoms with Crippen molar-refractivity contribution in [2.75, 3.05) is 31.7 Å². The number of rotatable bonds is 5. The molecule has 1 saturated heterocycles. The van der Waals surface area contributed by atoms with Crippen molar-refractivity contribution in [3.63, 3.8) is 0 Å². The lowest BCUT2D eigenvalue weighted by atomic mass is 9.98. The molecule has 2 heterocycles. The summed E-state index contributed by atoms with van der Waals surface area (Å²) in [4.78, 5) is 26.0. The van der Waals surface area contributed by atoms with Gasteiger partial charge in [-0.05, 0) is 29.8 Å². The normalized spacial score (nSPS) is 17.7. The number of benzene rings is 2. The predicted molar refractivity (Wildman–Crippen MR) is 106 cm³/mol. The van der Waals surface area contributed by atoms with Crippen LogP contribution in [0.25, 0.3) is 0 Å². The van der Waals surface area contributed by atoms with Crippen LogP contribution in [0.4, 0.5) is 18.9 Å². The number of hydrogen-bond acceptors (Lipinski definition) is 4. The molecule has 2 aliphatic heterocycles. The van der Waals surface area contributed by atoms with Crippen molar-refractivity contribution in [2.24, 2.45) is 0 Å². The van der Waals surface area contributed by atoms with Crippen LogP contribution < -0.4 is 10.2 Å². The minimum atomic E-state index is -4.62. The summed E-state index contributed by atoms with van der Waals surface area (Å²) in [6.45, 7) is 0.739. The minimum Gasteiger partial charge on any atom is -0.352 e. The van der Waals surface area contributed by atoms with Gasteiger partial charge in [0.1, 0.15) is 0 Å². The standard InChI is InChI=1S/C22H21F3N2O4/c1-27-18-7-6-15(12-14(18)13-19(27)28)21(30-10-11-31-21)8-9-26-20(29)16-4-2-3-5-17(16)22(23,24)25/h2-7,12H,8-11,13H2,1H3,(H,26,29). The van der Waals surface area contributed by atoms with Gasteiger partial charge in [-0.3, -0.25) is 9.59 Å². The Morgan fingerprint density at radius 3 is 2.58 bits per heavy atom. The van der Waals surface area contributed by atoms with Gasteiger partial charge in [0.2, 0.25) is 5.91 Å². The van der Waals surface area contributed by atoms with Crippen molar-refractivity contribution < 1.29 is 32.2 Å². The first-order chi connectivity index (χ1) is 14.7. The van der Waals surface area contributed by atoms with Crippen LogP contribution in [0.2, 0.25) is 0 Å². The summed E-state index contributed by atoms with van der Waals surface area (Å²) in [5.74, 6) is -1.96. The van der Waals surface area contributed by atoms with E-state index in [0.717, 1.165) is 23.4 Å². The molecule has 2 aromatic carbocycles. The number of ether oxygens (including phenoxy) is 2. The van der Waals surface area contributed by atoms with E-state index >= 15 is 0 Å². The number of fused-ring (bicyclic) bond motifs is 1. The zero-order valence-electron chi connectivity index (χ0n) is 16.8. The molecule has 1 N–H and O–H groups in total. The summed E-state index contributed by atoms with van der Waals surface area (Å²) in [6.07, 6.45) is -4.14. The number of anilines is 1. The van der Waals surface area contributed by atoms with Gasteiger partial charge in [-0.1, -0.05) is 18.2 Å². The lowest BCUT2D eigenvalue weighted by molar-refractivity contribution is -0.169. The van der Waals surface area contributed by atoms with Crippen LogP contribution in [0.1, 0.15) is 33.5 Å². The summed E-state index contributed by atoms with van der Waals surface area (Å²) >= 11 is 0. The van der Waals surface area contributed by atoms with E-state index < -0.39 is 29.0 Å². The average molecular weight is 434 g/mol. The molecule has 31 heavy (non-hydrogen) atoms. The largest absolute Gasteiger partial charge is 0.417 e. The summed E-state index contributed by atoms with van der Waals surface area (Å²) in [7, 11) is 1.71. The quantitative estimate of drug-likeness (QED) is 0.785. The van der Waals surface area contributed by atoms with E-state index in [1.165, 1.54) is 12.1 Å². The Morgan fingerprint density at radius 2 is 1.87 bits per heavy atom. The van der Waals surface area contributed by atoms with Gasteiger partial charge < -0.3 is 19.7 Å². The fourth-order valence-electron chi connectivity index (χ4n) is 3.98. The molecule has 0 radical (unpaired) electrons. The number of likely N-dealkylation sites (N-methyl/N-ethyl adjacent to an activating group) is 1. The van der Waals surface area contributed by atoms with E-state index in [2.05, 4.69) is 5.32 Å². The number of halogens is 3. The molecule has 0 spiro atoms. The van der Waals surface area contributed by atoms with Crippen molar-refractivity contribution in [3.8, 4) is 0 Å². The number of nitrogens with zero attached hydrogens (tertiary/aromatic N) is 1. The van der Waals surface area contributed by atoms with Gasteiger partial charge >= 0.3 is 6.18 Å². The first-order valence-electron chi connectivity index (χ1n) is 9.83. The second kappa shape index (κ2) is 7.97. The van der Waals surface area contributed by atoms with E-state index in [0.29, 0.717) is 18.8 Å². The van der Waals surface area contributed by atoms with Crippen molar-refractivity contribution in [2.45, 2.75) is 24.8 Å². The number of hydrogen-bond donors (Lipinski definition) is 1. The van der Waals surface area contributed by atoms with Gasteiger partial charge in [-0.25, -0.2) is 0 Å². The molecule has 0 atom stereocenters. The highest BCUT2D eigenvalue weighted by molar-refractivity contribution is 6.01. The summed E-state index contributed by atoms with van der Waals surface area (Å²) in [6, 6.07) is 10.1. The zero-order valence-corrected chi connectivity index (χ0v) is 16.8. The minimum absolute atomic E-state index is 0.00921. The van der Waals surface area contributed by atoms with Gasteiger partial charge in [-0.15, -0.1) is 0 Å². The van der Waals surface area contributed by atoms with Crippen molar-refractivity contribution >= 4 is 17.5 Å². The van der Waals surface area contributed by atoms with Crippen LogP contribution in [-0.2, 0) is 32.7 Å². The molecule has 0 bridgehead atoms. The monoisotopic (exact) mass is 434 g/mol. The molecule has 0 aromatic heterocycles. The van der Waals surface area contributed by atoms with Crippen LogP contribution in [0.5, 0.6) is 0 Å². The summed E-state index contributed by atoms with van der Waals surface area (Å²) in [5.41, 5.74) is 0.960. The van der Waals surface area contributed by atoms with Crippen LogP contribution >= 0.6 is 0 Å². The third-order valence-electron chi connectivity index (χ3n) is 5.57. The van der Waals surface area contributed by atoms with Gasteiger partial charge in [0.15, 0.2) is 5.79 Å². The maximum Gasteiger partial charge on any atom is 0.417 e. The predicted octanol–water partition coefficient (Wildman–Crippen LogP) is 3.24. The van der Waals surface area contributed by atoms with E-state index in [1.54, 1.807) is 18.0 Å². The molecule has 2 aliphatic rings. The number of nitrogens with one attached hydrogen (secondary N) is 1. The van der Waals surface area contributed by atoms with Gasteiger partial charge in [-0.2, -0.15) is 13.2 Å². The molecule has 0 saturated carbocycles. The molecule has 2 amide bonds. The Morgan fingerprint density at radius 1 is 1.16 bits per heavy atom. The van der Waals surface area contributed by atoms with Gasteiger partial charge in [0.25, 0.3) is 5.91 Å². The van der Waals surface area contributed by atoms with Crippen molar-refractivity contribution in [3.05, 3.63) is 64.7 Å². The first kappa shape index (κ1) is 21.3. The Bertz CT molecular complexity index is 1020. The molecular formula is C22H21F3N2O4. The third kappa shape index (κ3) is 4.03.